The number of hydrogen-bond acceptors (Lipinski definition) is 5. The van der Waals surface area contributed by atoms with Gasteiger partial charge in [-0.25, -0.2) is 14.6 Å². The molecule has 1 aromatic rings. The first-order valence-corrected chi connectivity index (χ1v) is 4.83. The summed E-state index contributed by atoms with van der Waals surface area (Å²) in [4.78, 5) is 24.5. The van der Waals surface area contributed by atoms with Crippen LogP contribution in [0.1, 0.15) is 18.9 Å². The summed E-state index contributed by atoms with van der Waals surface area (Å²) in [7, 11) is 0. The summed E-state index contributed by atoms with van der Waals surface area (Å²) in [5, 5.41) is 16.9. The zero-order chi connectivity index (χ0) is 12.8. The molecule has 7 nitrogen and oxygen atoms in total. The molecule has 0 saturated heterocycles. The lowest BCUT2D eigenvalue weighted by Crippen LogP contribution is -2.10. The molecule has 1 heterocycles. The van der Waals surface area contributed by atoms with E-state index in [2.05, 4.69) is 14.5 Å². The van der Waals surface area contributed by atoms with Crippen LogP contribution < -0.4 is 9.47 Å². The van der Waals surface area contributed by atoms with Crippen LogP contribution in [0.3, 0.4) is 0 Å². The maximum Gasteiger partial charge on any atom is 0.512 e. The molecule has 7 heteroatoms. The molecule has 0 saturated carbocycles. The van der Waals surface area contributed by atoms with Gasteiger partial charge in [0.1, 0.15) is 0 Å². The molecule has 0 bridgehead atoms. The molecule has 0 spiro atoms. The Morgan fingerprint density at radius 1 is 1.29 bits per heavy atom. The van der Waals surface area contributed by atoms with Gasteiger partial charge in [-0.1, -0.05) is 13.3 Å². The van der Waals surface area contributed by atoms with E-state index in [1.807, 2.05) is 6.92 Å². The highest BCUT2D eigenvalue weighted by molar-refractivity contribution is 5.65. The third kappa shape index (κ3) is 3.98. The van der Waals surface area contributed by atoms with Gasteiger partial charge in [0, 0.05) is 6.20 Å². The maximum absolute atomic E-state index is 10.4. The number of hydrogen-bond donors (Lipinski definition) is 2. The Balaban J connectivity index is 3.02. The van der Waals surface area contributed by atoms with Crippen molar-refractivity contribution >= 4 is 12.3 Å². The van der Waals surface area contributed by atoms with E-state index in [4.69, 9.17) is 10.2 Å². The number of nitrogens with zero attached hydrogens (tertiary/aromatic N) is 1. The van der Waals surface area contributed by atoms with Gasteiger partial charge in [-0.15, -0.1) is 0 Å². The highest BCUT2D eigenvalue weighted by atomic mass is 16.7. The van der Waals surface area contributed by atoms with Gasteiger partial charge in [0.05, 0.1) is 0 Å². The van der Waals surface area contributed by atoms with Gasteiger partial charge in [0.2, 0.25) is 0 Å². The van der Waals surface area contributed by atoms with E-state index in [1.54, 1.807) is 0 Å². The van der Waals surface area contributed by atoms with E-state index in [-0.39, 0.29) is 11.6 Å². The summed E-state index contributed by atoms with van der Waals surface area (Å²) >= 11 is 0. The highest BCUT2D eigenvalue weighted by Crippen LogP contribution is 2.26. The summed E-state index contributed by atoms with van der Waals surface area (Å²) in [5.41, 5.74) is 0.737. The molecule has 0 radical (unpaired) electrons. The van der Waals surface area contributed by atoms with Crippen molar-refractivity contribution in [1.82, 2.24) is 4.98 Å². The lowest BCUT2D eigenvalue weighted by atomic mass is 10.2. The lowest BCUT2D eigenvalue weighted by molar-refractivity contribution is 0.131. The smallest absolute Gasteiger partial charge is 0.449 e. The van der Waals surface area contributed by atoms with E-state index < -0.39 is 12.3 Å². The SMILES string of the molecule is CCCc1cnc(OC(=O)O)c(OC(=O)O)c1. The number of aromatic nitrogens is 1. The van der Waals surface area contributed by atoms with Gasteiger partial charge in [0.25, 0.3) is 5.88 Å². The van der Waals surface area contributed by atoms with Crippen molar-refractivity contribution in [2.75, 3.05) is 0 Å². The van der Waals surface area contributed by atoms with Crippen molar-refractivity contribution in [3.8, 4) is 11.6 Å². The van der Waals surface area contributed by atoms with Gasteiger partial charge in [-0.3, -0.25) is 0 Å². The summed E-state index contributed by atoms with van der Waals surface area (Å²) in [6, 6.07) is 1.39. The van der Waals surface area contributed by atoms with Crippen LogP contribution in [0.2, 0.25) is 0 Å². The first-order valence-electron chi connectivity index (χ1n) is 4.83. The topological polar surface area (TPSA) is 106 Å². The molecule has 0 fully saturated rings. The average molecular weight is 241 g/mol. The van der Waals surface area contributed by atoms with Crippen molar-refractivity contribution in [1.29, 1.82) is 0 Å². The quantitative estimate of drug-likeness (QED) is 0.777. The molecule has 0 aliphatic rings. The van der Waals surface area contributed by atoms with Crippen molar-refractivity contribution in [2.45, 2.75) is 19.8 Å². The summed E-state index contributed by atoms with van der Waals surface area (Å²) in [6.45, 7) is 1.94. The van der Waals surface area contributed by atoms with Crippen LogP contribution in [0.5, 0.6) is 11.6 Å². The summed E-state index contributed by atoms with van der Waals surface area (Å²) in [5.74, 6) is -0.620. The van der Waals surface area contributed by atoms with Crippen molar-refractivity contribution in [3.05, 3.63) is 17.8 Å². The molecule has 92 valence electrons. The molecule has 0 atom stereocenters. The first kappa shape index (κ1) is 12.8. The minimum absolute atomic E-state index is 0.231. The molecule has 0 aromatic carbocycles. The standard InChI is InChI=1S/C10H11NO6/c1-2-3-6-4-7(16-9(12)13)8(11-5-6)17-10(14)15/h4-5H,2-3H2,1H3,(H,12,13)(H,14,15). The van der Waals surface area contributed by atoms with E-state index in [0.717, 1.165) is 12.0 Å². The molecule has 0 amide bonds. The van der Waals surface area contributed by atoms with E-state index in [9.17, 15) is 9.59 Å². The van der Waals surface area contributed by atoms with Gasteiger partial charge in [-0.05, 0) is 18.1 Å². The van der Waals surface area contributed by atoms with Gasteiger partial charge < -0.3 is 19.7 Å². The number of carbonyl (C=O) groups is 2. The summed E-state index contributed by atoms with van der Waals surface area (Å²) < 4.78 is 8.70. The summed E-state index contributed by atoms with van der Waals surface area (Å²) in [6.07, 6.45) is -0.216. The number of pyridine rings is 1. The molecule has 17 heavy (non-hydrogen) atoms. The minimum atomic E-state index is -1.59. The molecule has 1 aromatic heterocycles. The lowest BCUT2D eigenvalue weighted by Gasteiger charge is -2.07. The largest absolute Gasteiger partial charge is 0.512 e. The number of carboxylic acid groups (broad SMARTS) is 2. The average Bonchev–Trinajstić information content (AvgIpc) is 2.21. The van der Waals surface area contributed by atoms with Crippen molar-refractivity contribution in [2.24, 2.45) is 0 Å². The van der Waals surface area contributed by atoms with Crippen LogP contribution in [-0.4, -0.2) is 27.5 Å². The zero-order valence-electron chi connectivity index (χ0n) is 9.04. The van der Waals surface area contributed by atoms with Crippen LogP contribution in [0.4, 0.5) is 9.59 Å². The predicted molar refractivity (Wildman–Crippen MR) is 55.5 cm³/mol. The second-order valence-electron chi connectivity index (χ2n) is 3.13. The van der Waals surface area contributed by atoms with Crippen molar-refractivity contribution < 1.29 is 29.3 Å². The third-order valence-corrected chi connectivity index (χ3v) is 1.79. The molecule has 0 aliphatic heterocycles. The molecule has 0 unspecified atom stereocenters. The Bertz CT molecular complexity index is 431. The number of aryl methyl sites for hydroxylation is 1. The fourth-order valence-electron chi connectivity index (χ4n) is 1.22. The molecule has 2 N–H and O–H groups in total. The Hall–Kier alpha value is -2.31. The molecule has 0 aliphatic carbocycles. The van der Waals surface area contributed by atoms with Gasteiger partial charge >= 0.3 is 12.3 Å². The van der Waals surface area contributed by atoms with Gasteiger partial charge in [-0.2, -0.15) is 0 Å². The maximum atomic E-state index is 10.4. The van der Waals surface area contributed by atoms with Crippen LogP contribution in [0, 0.1) is 0 Å². The predicted octanol–water partition coefficient (Wildman–Crippen LogP) is 2.15. The Kier molecular flexibility index (Phi) is 4.27. The van der Waals surface area contributed by atoms with E-state index in [0.29, 0.717) is 6.42 Å². The van der Waals surface area contributed by atoms with Crippen molar-refractivity contribution in [3.63, 3.8) is 0 Å². The Labute approximate surface area is 96.6 Å². The second-order valence-corrected chi connectivity index (χ2v) is 3.13. The zero-order valence-corrected chi connectivity index (χ0v) is 9.04. The number of ether oxygens (including phenoxy) is 2. The second kappa shape index (κ2) is 5.69. The normalized spacial score (nSPS) is 9.71. The molecule has 1 rings (SSSR count). The monoisotopic (exact) mass is 241 g/mol. The van der Waals surface area contributed by atoms with Gasteiger partial charge in [0.15, 0.2) is 5.75 Å². The highest BCUT2D eigenvalue weighted by Gasteiger charge is 2.14. The van der Waals surface area contributed by atoms with Crippen LogP contribution in [0.25, 0.3) is 0 Å². The van der Waals surface area contributed by atoms with Crippen LogP contribution >= 0.6 is 0 Å². The minimum Gasteiger partial charge on any atom is -0.449 e. The van der Waals surface area contributed by atoms with E-state index >= 15 is 0 Å². The molecular weight excluding hydrogens is 230 g/mol. The fraction of sp³-hybridized carbons (Fsp3) is 0.300. The first-order chi connectivity index (χ1) is 8.02. The molecular formula is C10H11NO6. The Morgan fingerprint density at radius 3 is 2.47 bits per heavy atom. The number of rotatable bonds is 4. The Morgan fingerprint density at radius 2 is 1.94 bits per heavy atom. The van der Waals surface area contributed by atoms with E-state index in [1.165, 1.54) is 12.3 Å². The van der Waals surface area contributed by atoms with Crippen LogP contribution in [-0.2, 0) is 6.42 Å². The van der Waals surface area contributed by atoms with Crippen LogP contribution in [0.15, 0.2) is 12.3 Å². The third-order valence-electron chi connectivity index (χ3n) is 1.79. The fourth-order valence-corrected chi connectivity index (χ4v) is 1.22.